The smallest absolute Gasteiger partial charge is 0.260 e. The zero-order valence-corrected chi connectivity index (χ0v) is 11.5. The predicted octanol–water partition coefficient (Wildman–Crippen LogP) is 1.24. The first-order chi connectivity index (χ1) is 9.19. The summed E-state index contributed by atoms with van der Waals surface area (Å²) in [5, 5.41) is 6.12. The molecule has 5 heteroatoms. The molecule has 1 unspecified atom stereocenters. The van der Waals surface area contributed by atoms with Crippen LogP contribution in [-0.2, 0) is 11.3 Å². The maximum Gasteiger partial charge on any atom is 0.260 e. The molecule has 19 heavy (non-hydrogen) atoms. The predicted molar refractivity (Wildman–Crippen MR) is 72.9 cm³/mol. The molecular formula is C14H21N3O2. The molecule has 0 aromatic carbocycles. The van der Waals surface area contributed by atoms with Crippen LogP contribution >= 0.6 is 0 Å². The number of carbonyl (C=O) groups excluding carboxylic acids is 1. The zero-order chi connectivity index (χ0) is 13.7. The Morgan fingerprint density at radius 1 is 1.53 bits per heavy atom. The second-order valence-electron chi connectivity index (χ2n) is 4.81. The first-order valence-electron chi connectivity index (χ1n) is 6.81. The number of nitrogens with one attached hydrogen (secondary N) is 2. The minimum absolute atomic E-state index is 0.0563. The highest BCUT2D eigenvalue weighted by atomic mass is 16.5. The molecule has 104 valence electrons. The molecule has 1 atom stereocenters. The molecule has 1 amide bonds. The van der Waals surface area contributed by atoms with Gasteiger partial charge in [-0.15, -0.1) is 0 Å². The van der Waals surface area contributed by atoms with Gasteiger partial charge in [-0.2, -0.15) is 0 Å². The lowest BCUT2D eigenvalue weighted by Gasteiger charge is -2.14. The van der Waals surface area contributed by atoms with Gasteiger partial charge in [0.05, 0.1) is 11.9 Å². The molecule has 0 bridgehead atoms. The first-order valence-corrected chi connectivity index (χ1v) is 6.81. The fraction of sp³-hybridized carbons (Fsp3) is 0.571. The van der Waals surface area contributed by atoms with Crippen LogP contribution < -0.4 is 15.4 Å². The summed E-state index contributed by atoms with van der Waals surface area (Å²) < 4.78 is 5.57. The Hall–Kier alpha value is -1.62. The van der Waals surface area contributed by atoms with Crippen molar-refractivity contribution in [1.82, 2.24) is 15.6 Å². The van der Waals surface area contributed by atoms with Gasteiger partial charge in [-0.3, -0.25) is 9.78 Å². The molecule has 2 N–H and O–H groups in total. The standard InChI is InChI=1S/C14H21N3O2/c1-3-15-8-12-6-7-13(9-16-12)19-10(2)14(18)17-11-4-5-11/h6-7,9-11,15H,3-5,8H2,1-2H3,(H,17,18). The number of pyridine rings is 1. The molecular weight excluding hydrogens is 242 g/mol. The minimum atomic E-state index is -0.484. The largest absolute Gasteiger partial charge is 0.479 e. The van der Waals surface area contributed by atoms with Gasteiger partial charge in [0.25, 0.3) is 5.91 Å². The molecule has 1 aromatic heterocycles. The van der Waals surface area contributed by atoms with Crippen molar-refractivity contribution in [2.75, 3.05) is 6.54 Å². The highest BCUT2D eigenvalue weighted by Gasteiger charge is 2.26. The van der Waals surface area contributed by atoms with E-state index in [4.69, 9.17) is 4.74 Å². The number of aromatic nitrogens is 1. The van der Waals surface area contributed by atoms with Crippen molar-refractivity contribution in [3.8, 4) is 5.75 Å². The first kappa shape index (κ1) is 13.8. The third-order valence-corrected chi connectivity index (χ3v) is 2.96. The Bertz CT molecular complexity index is 415. The summed E-state index contributed by atoms with van der Waals surface area (Å²) in [4.78, 5) is 16.0. The van der Waals surface area contributed by atoms with E-state index in [9.17, 15) is 4.79 Å². The Morgan fingerprint density at radius 2 is 2.32 bits per heavy atom. The Labute approximate surface area is 113 Å². The van der Waals surface area contributed by atoms with Crippen LogP contribution in [0, 0.1) is 0 Å². The average Bonchev–Trinajstić information content (AvgIpc) is 3.22. The van der Waals surface area contributed by atoms with E-state index in [0.29, 0.717) is 11.8 Å². The number of rotatable bonds is 7. The van der Waals surface area contributed by atoms with Gasteiger partial charge in [-0.1, -0.05) is 6.92 Å². The van der Waals surface area contributed by atoms with Gasteiger partial charge in [0.2, 0.25) is 0 Å². The van der Waals surface area contributed by atoms with E-state index >= 15 is 0 Å². The van der Waals surface area contributed by atoms with Crippen molar-refractivity contribution in [3.63, 3.8) is 0 Å². The third kappa shape index (κ3) is 4.52. The molecule has 1 saturated carbocycles. The van der Waals surface area contributed by atoms with Crippen LogP contribution in [0.25, 0.3) is 0 Å². The van der Waals surface area contributed by atoms with Crippen LogP contribution in [0.15, 0.2) is 18.3 Å². The lowest BCUT2D eigenvalue weighted by molar-refractivity contribution is -0.127. The number of hydrogen-bond acceptors (Lipinski definition) is 4. The van der Waals surface area contributed by atoms with E-state index in [-0.39, 0.29) is 5.91 Å². The van der Waals surface area contributed by atoms with Crippen molar-refractivity contribution in [1.29, 1.82) is 0 Å². The van der Waals surface area contributed by atoms with Crippen LogP contribution in [0.5, 0.6) is 5.75 Å². The quantitative estimate of drug-likeness (QED) is 0.777. The molecule has 2 rings (SSSR count). The van der Waals surface area contributed by atoms with Gasteiger partial charge < -0.3 is 15.4 Å². The average molecular weight is 263 g/mol. The van der Waals surface area contributed by atoms with E-state index in [0.717, 1.165) is 31.6 Å². The van der Waals surface area contributed by atoms with E-state index in [1.54, 1.807) is 13.1 Å². The summed E-state index contributed by atoms with van der Waals surface area (Å²) in [6.45, 7) is 5.47. The van der Waals surface area contributed by atoms with Gasteiger partial charge in [0, 0.05) is 12.6 Å². The summed E-state index contributed by atoms with van der Waals surface area (Å²) in [6.07, 6.45) is 3.34. The third-order valence-electron chi connectivity index (χ3n) is 2.96. The summed E-state index contributed by atoms with van der Waals surface area (Å²) in [6, 6.07) is 4.11. The summed E-state index contributed by atoms with van der Waals surface area (Å²) >= 11 is 0. The van der Waals surface area contributed by atoms with Crippen molar-refractivity contribution in [2.45, 2.75) is 45.4 Å². The Balaban J connectivity index is 1.82. The topological polar surface area (TPSA) is 63.2 Å². The maximum absolute atomic E-state index is 11.7. The second-order valence-corrected chi connectivity index (χ2v) is 4.81. The van der Waals surface area contributed by atoms with Crippen LogP contribution in [0.1, 0.15) is 32.4 Å². The molecule has 0 spiro atoms. The van der Waals surface area contributed by atoms with E-state index in [1.165, 1.54) is 0 Å². The van der Waals surface area contributed by atoms with Gasteiger partial charge in [-0.25, -0.2) is 0 Å². The number of carbonyl (C=O) groups is 1. The second kappa shape index (κ2) is 6.52. The van der Waals surface area contributed by atoms with Gasteiger partial charge >= 0.3 is 0 Å². The van der Waals surface area contributed by atoms with E-state index < -0.39 is 6.10 Å². The lowest BCUT2D eigenvalue weighted by Crippen LogP contribution is -2.37. The zero-order valence-electron chi connectivity index (χ0n) is 11.5. The fourth-order valence-corrected chi connectivity index (χ4v) is 1.64. The maximum atomic E-state index is 11.7. The fourth-order valence-electron chi connectivity index (χ4n) is 1.64. The van der Waals surface area contributed by atoms with E-state index in [1.807, 2.05) is 12.1 Å². The van der Waals surface area contributed by atoms with Gasteiger partial charge in [0.1, 0.15) is 5.75 Å². The van der Waals surface area contributed by atoms with Crippen molar-refractivity contribution in [2.24, 2.45) is 0 Å². The van der Waals surface area contributed by atoms with Crippen LogP contribution in [0.4, 0.5) is 0 Å². The molecule has 1 aliphatic rings. The normalized spacial score (nSPS) is 15.9. The van der Waals surface area contributed by atoms with E-state index in [2.05, 4.69) is 22.5 Å². The van der Waals surface area contributed by atoms with Crippen molar-refractivity contribution in [3.05, 3.63) is 24.0 Å². The molecule has 1 aromatic rings. The van der Waals surface area contributed by atoms with Gasteiger partial charge in [-0.05, 0) is 38.4 Å². The molecule has 1 fully saturated rings. The van der Waals surface area contributed by atoms with Crippen molar-refractivity contribution >= 4 is 5.91 Å². The monoisotopic (exact) mass is 263 g/mol. The van der Waals surface area contributed by atoms with Crippen LogP contribution in [-0.4, -0.2) is 29.6 Å². The minimum Gasteiger partial charge on any atom is -0.479 e. The summed E-state index contributed by atoms with van der Waals surface area (Å²) in [7, 11) is 0. The molecule has 1 heterocycles. The van der Waals surface area contributed by atoms with Crippen LogP contribution in [0.3, 0.4) is 0 Å². The highest BCUT2D eigenvalue weighted by molar-refractivity contribution is 5.81. The molecule has 1 aliphatic carbocycles. The summed E-state index contributed by atoms with van der Waals surface area (Å²) in [5.74, 6) is 0.568. The van der Waals surface area contributed by atoms with Gasteiger partial charge in [0.15, 0.2) is 6.10 Å². The highest BCUT2D eigenvalue weighted by Crippen LogP contribution is 2.19. The Morgan fingerprint density at radius 3 is 2.89 bits per heavy atom. The Kier molecular flexibility index (Phi) is 4.74. The molecule has 5 nitrogen and oxygen atoms in total. The number of hydrogen-bond donors (Lipinski definition) is 2. The summed E-state index contributed by atoms with van der Waals surface area (Å²) in [5.41, 5.74) is 0.962. The van der Waals surface area contributed by atoms with Crippen molar-refractivity contribution < 1.29 is 9.53 Å². The van der Waals surface area contributed by atoms with Crippen LogP contribution in [0.2, 0.25) is 0 Å². The number of nitrogens with zero attached hydrogens (tertiary/aromatic N) is 1. The molecule has 0 saturated heterocycles. The molecule has 0 aliphatic heterocycles. The number of ether oxygens (including phenoxy) is 1. The number of amides is 1. The SMILES string of the molecule is CCNCc1ccc(OC(C)C(=O)NC2CC2)cn1. The molecule has 0 radical (unpaired) electrons. The lowest BCUT2D eigenvalue weighted by atomic mass is 10.3.